The summed E-state index contributed by atoms with van der Waals surface area (Å²) in [5.74, 6) is 0. The van der Waals surface area contributed by atoms with Crippen LogP contribution in [-0.4, -0.2) is 6.04 Å². The smallest absolute Gasteiger partial charge is 0.0342 e. The van der Waals surface area contributed by atoms with Crippen molar-refractivity contribution in [2.75, 3.05) is 5.32 Å². The van der Waals surface area contributed by atoms with Gasteiger partial charge in [-0.2, -0.15) is 0 Å². The summed E-state index contributed by atoms with van der Waals surface area (Å²) in [6.07, 6.45) is 4.01. The van der Waals surface area contributed by atoms with Gasteiger partial charge in [-0.1, -0.05) is 12.1 Å². The molecular formula is C11H16N2. The van der Waals surface area contributed by atoms with E-state index in [4.69, 9.17) is 5.73 Å². The Morgan fingerprint density at radius 1 is 1.23 bits per heavy atom. The predicted octanol–water partition coefficient (Wildman–Crippen LogP) is 2.11. The van der Waals surface area contributed by atoms with E-state index in [1.165, 1.54) is 30.5 Å². The van der Waals surface area contributed by atoms with Gasteiger partial charge in [-0.15, -0.1) is 0 Å². The Bertz CT molecular complexity index is 262. The van der Waals surface area contributed by atoms with Crippen molar-refractivity contribution >= 4 is 5.69 Å². The number of rotatable bonds is 3. The molecule has 0 atom stereocenters. The van der Waals surface area contributed by atoms with Crippen molar-refractivity contribution in [1.82, 2.24) is 0 Å². The summed E-state index contributed by atoms with van der Waals surface area (Å²) >= 11 is 0. The zero-order chi connectivity index (χ0) is 9.10. The minimum absolute atomic E-state index is 0.629. The van der Waals surface area contributed by atoms with Gasteiger partial charge < -0.3 is 11.1 Å². The van der Waals surface area contributed by atoms with Crippen LogP contribution in [0.1, 0.15) is 24.8 Å². The molecule has 0 heterocycles. The molecule has 1 aromatic rings. The molecule has 0 spiro atoms. The van der Waals surface area contributed by atoms with Crippen LogP contribution in [0.2, 0.25) is 0 Å². The first-order valence-corrected chi connectivity index (χ1v) is 4.94. The lowest BCUT2D eigenvalue weighted by Crippen LogP contribution is -2.26. The maximum atomic E-state index is 5.52. The molecule has 1 aromatic carbocycles. The van der Waals surface area contributed by atoms with Crippen molar-refractivity contribution in [2.45, 2.75) is 31.8 Å². The molecule has 70 valence electrons. The van der Waals surface area contributed by atoms with Crippen LogP contribution >= 0.6 is 0 Å². The standard InChI is InChI=1S/C11H16N2/c12-8-9-4-6-11(7-5-9)13-10-2-1-3-10/h4-7,10,13H,1-3,8,12H2. The average Bonchev–Trinajstić information content (AvgIpc) is 2.12. The van der Waals surface area contributed by atoms with E-state index in [1.807, 2.05) is 0 Å². The van der Waals surface area contributed by atoms with Crippen LogP contribution < -0.4 is 11.1 Å². The summed E-state index contributed by atoms with van der Waals surface area (Å²) in [7, 11) is 0. The van der Waals surface area contributed by atoms with Gasteiger partial charge in [0.05, 0.1) is 0 Å². The number of hydrogen-bond acceptors (Lipinski definition) is 2. The SMILES string of the molecule is NCc1ccc(NC2CCC2)cc1. The van der Waals surface area contributed by atoms with E-state index in [1.54, 1.807) is 0 Å². The Morgan fingerprint density at radius 3 is 2.38 bits per heavy atom. The molecule has 0 aliphatic heterocycles. The molecule has 2 nitrogen and oxygen atoms in total. The van der Waals surface area contributed by atoms with Gasteiger partial charge in [-0.3, -0.25) is 0 Å². The third-order valence-corrected chi connectivity index (χ3v) is 2.67. The second-order valence-corrected chi connectivity index (χ2v) is 3.67. The predicted molar refractivity (Wildman–Crippen MR) is 55.6 cm³/mol. The van der Waals surface area contributed by atoms with Crippen molar-refractivity contribution in [3.63, 3.8) is 0 Å². The van der Waals surface area contributed by atoms with Crippen molar-refractivity contribution in [2.24, 2.45) is 5.73 Å². The second-order valence-electron chi connectivity index (χ2n) is 3.67. The highest BCUT2D eigenvalue weighted by Gasteiger charge is 2.16. The van der Waals surface area contributed by atoms with E-state index < -0.39 is 0 Å². The lowest BCUT2D eigenvalue weighted by Gasteiger charge is -2.27. The van der Waals surface area contributed by atoms with Crippen LogP contribution in [0.4, 0.5) is 5.69 Å². The van der Waals surface area contributed by atoms with Gasteiger partial charge in [-0.05, 0) is 37.0 Å². The van der Waals surface area contributed by atoms with Gasteiger partial charge in [0.25, 0.3) is 0 Å². The first-order valence-electron chi connectivity index (χ1n) is 4.94. The molecule has 0 unspecified atom stereocenters. The number of hydrogen-bond donors (Lipinski definition) is 2. The minimum Gasteiger partial charge on any atom is -0.382 e. The van der Waals surface area contributed by atoms with Crippen molar-refractivity contribution in [3.8, 4) is 0 Å². The molecule has 0 amide bonds. The molecule has 1 fully saturated rings. The molecular weight excluding hydrogens is 160 g/mol. The van der Waals surface area contributed by atoms with Gasteiger partial charge in [0.1, 0.15) is 0 Å². The number of nitrogens with one attached hydrogen (secondary N) is 1. The molecule has 1 saturated carbocycles. The van der Waals surface area contributed by atoms with Crippen LogP contribution in [0.25, 0.3) is 0 Å². The normalized spacial score (nSPS) is 16.7. The van der Waals surface area contributed by atoms with Gasteiger partial charge in [-0.25, -0.2) is 0 Å². The largest absolute Gasteiger partial charge is 0.382 e. The molecule has 0 radical (unpaired) electrons. The van der Waals surface area contributed by atoms with Crippen LogP contribution in [0, 0.1) is 0 Å². The summed E-state index contributed by atoms with van der Waals surface area (Å²) < 4.78 is 0. The van der Waals surface area contributed by atoms with E-state index in [0.717, 1.165) is 0 Å². The van der Waals surface area contributed by atoms with E-state index in [9.17, 15) is 0 Å². The van der Waals surface area contributed by atoms with Crippen molar-refractivity contribution in [1.29, 1.82) is 0 Å². The topological polar surface area (TPSA) is 38.0 Å². The molecule has 2 heteroatoms. The van der Waals surface area contributed by atoms with E-state index in [2.05, 4.69) is 29.6 Å². The maximum Gasteiger partial charge on any atom is 0.0342 e. The van der Waals surface area contributed by atoms with Gasteiger partial charge in [0.15, 0.2) is 0 Å². The molecule has 1 aliphatic rings. The van der Waals surface area contributed by atoms with Gasteiger partial charge >= 0.3 is 0 Å². The zero-order valence-corrected chi connectivity index (χ0v) is 7.79. The third-order valence-electron chi connectivity index (χ3n) is 2.67. The van der Waals surface area contributed by atoms with Gasteiger partial charge in [0, 0.05) is 18.3 Å². The molecule has 2 rings (SSSR count). The Morgan fingerprint density at radius 2 is 1.92 bits per heavy atom. The lowest BCUT2D eigenvalue weighted by molar-refractivity contribution is 0.445. The fourth-order valence-electron chi connectivity index (χ4n) is 1.53. The fourth-order valence-corrected chi connectivity index (χ4v) is 1.53. The Labute approximate surface area is 79.1 Å². The lowest BCUT2D eigenvalue weighted by atomic mass is 9.93. The van der Waals surface area contributed by atoms with Crippen LogP contribution in [0.5, 0.6) is 0 Å². The third kappa shape index (κ3) is 2.01. The highest BCUT2D eigenvalue weighted by atomic mass is 14.9. The van der Waals surface area contributed by atoms with Crippen LogP contribution in [0.3, 0.4) is 0 Å². The van der Waals surface area contributed by atoms with Crippen molar-refractivity contribution < 1.29 is 0 Å². The molecule has 13 heavy (non-hydrogen) atoms. The monoisotopic (exact) mass is 176 g/mol. The molecule has 1 aliphatic carbocycles. The molecule has 0 aromatic heterocycles. The van der Waals surface area contributed by atoms with Crippen LogP contribution in [-0.2, 0) is 6.54 Å². The Balaban J connectivity index is 1.96. The summed E-state index contributed by atoms with van der Waals surface area (Å²) in [5.41, 5.74) is 7.94. The quantitative estimate of drug-likeness (QED) is 0.740. The first-order chi connectivity index (χ1) is 6.38. The summed E-state index contributed by atoms with van der Waals surface area (Å²) in [6, 6.07) is 9.10. The summed E-state index contributed by atoms with van der Waals surface area (Å²) in [4.78, 5) is 0. The zero-order valence-electron chi connectivity index (χ0n) is 7.79. The highest BCUT2D eigenvalue weighted by Crippen LogP contribution is 2.23. The van der Waals surface area contributed by atoms with Gasteiger partial charge in [0.2, 0.25) is 0 Å². The van der Waals surface area contributed by atoms with Crippen molar-refractivity contribution in [3.05, 3.63) is 29.8 Å². The minimum atomic E-state index is 0.629. The fraction of sp³-hybridized carbons (Fsp3) is 0.455. The molecule has 0 bridgehead atoms. The molecule has 3 N–H and O–H groups in total. The summed E-state index contributed by atoms with van der Waals surface area (Å²) in [6.45, 7) is 0.629. The Kier molecular flexibility index (Phi) is 2.50. The second kappa shape index (κ2) is 3.79. The van der Waals surface area contributed by atoms with Crippen LogP contribution in [0.15, 0.2) is 24.3 Å². The van der Waals surface area contributed by atoms with E-state index in [0.29, 0.717) is 12.6 Å². The highest BCUT2D eigenvalue weighted by molar-refractivity contribution is 5.45. The maximum absolute atomic E-state index is 5.52. The number of nitrogens with two attached hydrogens (primary N) is 1. The van der Waals surface area contributed by atoms with E-state index >= 15 is 0 Å². The first kappa shape index (κ1) is 8.57. The number of benzene rings is 1. The van der Waals surface area contributed by atoms with E-state index in [-0.39, 0.29) is 0 Å². The summed E-state index contributed by atoms with van der Waals surface area (Å²) in [5, 5.41) is 3.49. The Hall–Kier alpha value is -1.02. The molecule has 0 saturated heterocycles. The average molecular weight is 176 g/mol. The number of anilines is 1.